The van der Waals surface area contributed by atoms with Crippen LogP contribution < -0.4 is 9.64 Å². The standard InChI is InChI=1S/C23H26N4O2/c1-25(2)18-10-8-17(9-11-18)23(28)26-13-12-22-24-16-20(27(22)15-14-26)19-6-4-5-7-21(19)29-3/h4-11,16H,12-15H2,1-3H3. The molecule has 29 heavy (non-hydrogen) atoms. The van der Waals surface area contributed by atoms with Gasteiger partial charge in [0, 0.05) is 57.0 Å². The van der Waals surface area contributed by atoms with Crippen molar-refractivity contribution in [3.8, 4) is 17.0 Å². The molecule has 0 aliphatic carbocycles. The number of benzene rings is 2. The first-order valence-electron chi connectivity index (χ1n) is 9.83. The fourth-order valence-electron chi connectivity index (χ4n) is 3.79. The molecule has 1 aromatic heterocycles. The number of hydrogen-bond acceptors (Lipinski definition) is 4. The number of methoxy groups -OCH3 is 1. The Bertz CT molecular complexity index is 1010. The maximum absolute atomic E-state index is 13.0. The second-order valence-electron chi connectivity index (χ2n) is 7.40. The van der Waals surface area contributed by atoms with Crippen molar-refractivity contribution < 1.29 is 9.53 Å². The number of nitrogens with zero attached hydrogens (tertiary/aromatic N) is 4. The first kappa shape index (κ1) is 19.1. The van der Waals surface area contributed by atoms with Crippen LogP contribution >= 0.6 is 0 Å². The molecule has 0 unspecified atom stereocenters. The number of aromatic nitrogens is 2. The van der Waals surface area contributed by atoms with E-state index in [1.165, 1.54) is 0 Å². The molecule has 0 saturated carbocycles. The number of amides is 1. The highest BCUT2D eigenvalue weighted by atomic mass is 16.5. The van der Waals surface area contributed by atoms with E-state index < -0.39 is 0 Å². The van der Waals surface area contributed by atoms with Crippen LogP contribution in [-0.4, -0.2) is 54.7 Å². The lowest BCUT2D eigenvalue weighted by atomic mass is 10.1. The average Bonchev–Trinajstić information content (AvgIpc) is 3.04. The van der Waals surface area contributed by atoms with Crippen molar-refractivity contribution in [1.29, 1.82) is 0 Å². The van der Waals surface area contributed by atoms with E-state index in [1.807, 2.05) is 78.6 Å². The lowest BCUT2D eigenvalue weighted by molar-refractivity contribution is 0.0759. The maximum Gasteiger partial charge on any atom is 0.253 e. The molecule has 0 radical (unpaired) electrons. The molecule has 0 fully saturated rings. The third kappa shape index (κ3) is 3.70. The summed E-state index contributed by atoms with van der Waals surface area (Å²) in [7, 11) is 5.67. The maximum atomic E-state index is 13.0. The Morgan fingerprint density at radius 3 is 2.52 bits per heavy atom. The average molecular weight is 390 g/mol. The Balaban J connectivity index is 1.54. The largest absolute Gasteiger partial charge is 0.496 e. The van der Waals surface area contributed by atoms with Crippen molar-refractivity contribution in [2.45, 2.75) is 13.0 Å². The van der Waals surface area contributed by atoms with Crippen LogP contribution in [0.25, 0.3) is 11.3 Å². The highest BCUT2D eigenvalue weighted by molar-refractivity contribution is 5.94. The summed E-state index contributed by atoms with van der Waals surface area (Å²) in [6, 6.07) is 15.7. The summed E-state index contributed by atoms with van der Waals surface area (Å²) in [5, 5.41) is 0. The van der Waals surface area contributed by atoms with E-state index in [2.05, 4.69) is 9.55 Å². The van der Waals surface area contributed by atoms with Gasteiger partial charge in [0.15, 0.2) is 0 Å². The van der Waals surface area contributed by atoms with Gasteiger partial charge in [-0.05, 0) is 36.4 Å². The number of ether oxygens (including phenoxy) is 1. The van der Waals surface area contributed by atoms with E-state index in [1.54, 1.807) is 7.11 Å². The molecule has 6 heteroatoms. The summed E-state index contributed by atoms with van der Waals surface area (Å²) < 4.78 is 7.73. The van der Waals surface area contributed by atoms with Crippen LogP contribution in [0.4, 0.5) is 5.69 Å². The van der Waals surface area contributed by atoms with E-state index in [0.717, 1.165) is 40.5 Å². The predicted octanol–water partition coefficient (Wildman–Crippen LogP) is 3.32. The number of para-hydroxylation sites is 1. The second-order valence-corrected chi connectivity index (χ2v) is 7.40. The summed E-state index contributed by atoms with van der Waals surface area (Å²) in [5.74, 6) is 1.90. The summed E-state index contributed by atoms with van der Waals surface area (Å²) in [6.07, 6.45) is 2.64. The number of imidazole rings is 1. The van der Waals surface area contributed by atoms with Gasteiger partial charge in [-0.25, -0.2) is 4.98 Å². The van der Waals surface area contributed by atoms with Gasteiger partial charge >= 0.3 is 0 Å². The van der Waals surface area contributed by atoms with Gasteiger partial charge in [-0.3, -0.25) is 4.79 Å². The molecular weight excluding hydrogens is 364 g/mol. The lowest BCUT2D eigenvalue weighted by Crippen LogP contribution is -2.33. The molecule has 1 aliphatic heterocycles. The van der Waals surface area contributed by atoms with Crippen molar-refractivity contribution in [3.05, 3.63) is 66.1 Å². The Labute approximate surface area is 171 Å². The highest BCUT2D eigenvalue weighted by Gasteiger charge is 2.23. The Morgan fingerprint density at radius 1 is 1.03 bits per heavy atom. The fraction of sp³-hybridized carbons (Fsp3) is 0.304. The molecular formula is C23H26N4O2. The molecule has 1 amide bonds. The highest BCUT2D eigenvalue weighted by Crippen LogP contribution is 2.31. The van der Waals surface area contributed by atoms with Gasteiger partial charge in [0.2, 0.25) is 0 Å². The zero-order chi connectivity index (χ0) is 20.4. The molecule has 150 valence electrons. The minimum Gasteiger partial charge on any atom is -0.496 e. The van der Waals surface area contributed by atoms with Gasteiger partial charge < -0.3 is 19.1 Å². The van der Waals surface area contributed by atoms with E-state index >= 15 is 0 Å². The summed E-state index contributed by atoms with van der Waals surface area (Å²) in [6.45, 7) is 2.03. The quantitative estimate of drug-likeness (QED) is 0.686. The summed E-state index contributed by atoms with van der Waals surface area (Å²) in [5.41, 5.74) is 3.86. The fourth-order valence-corrected chi connectivity index (χ4v) is 3.79. The van der Waals surface area contributed by atoms with Crippen LogP contribution in [0, 0.1) is 0 Å². The van der Waals surface area contributed by atoms with Crippen molar-refractivity contribution in [3.63, 3.8) is 0 Å². The molecule has 2 heterocycles. The normalized spacial score (nSPS) is 13.6. The van der Waals surface area contributed by atoms with Crippen molar-refractivity contribution in [2.75, 3.05) is 39.2 Å². The minimum atomic E-state index is 0.0694. The number of fused-ring (bicyclic) bond motifs is 1. The zero-order valence-corrected chi connectivity index (χ0v) is 17.1. The van der Waals surface area contributed by atoms with Crippen molar-refractivity contribution in [2.24, 2.45) is 0 Å². The van der Waals surface area contributed by atoms with E-state index in [4.69, 9.17) is 4.74 Å². The Hall–Kier alpha value is -3.28. The van der Waals surface area contributed by atoms with Crippen LogP contribution in [0.2, 0.25) is 0 Å². The third-order valence-corrected chi connectivity index (χ3v) is 5.44. The predicted molar refractivity (Wildman–Crippen MR) is 115 cm³/mol. The van der Waals surface area contributed by atoms with Gasteiger partial charge in [-0.2, -0.15) is 0 Å². The number of hydrogen-bond donors (Lipinski definition) is 0. The van der Waals surface area contributed by atoms with Crippen LogP contribution in [-0.2, 0) is 13.0 Å². The molecule has 0 spiro atoms. The Morgan fingerprint density at radius 2 is 1.79 bits per heavy atom. The molecule has 0 N–H and O–H groups in total. The molecule has 4 rings (SSSR count). The minimum absolute atomic E-state index is 0.0694. The van der Waals surface area contributed by atoms with Gasteiger partial charge in [-0.15, -0.1) is 0 Å². The smallest absolute Gasteiger partial charge is 0.253 e. The lowest BCUT2D eigenvalue weighted by Gasteiger charge is -2.21. The number of anilines is 1. The van der Waals surface area contributed by atoms with Crippen LogP contribution in [0.15, 0.2) is 54.7 Å². The molecule has 1 aliphatic rings. The molecule has 3 aromatic rings. The monoisotopic (exact) mass is 390 g/mol. The first-order valence-corrected chi connectivity index (χ1v) is 9.83. The van der Waals surface area contributed by atoms with Crippen LogP contribution in [0.3, 0.4) is 0 Å². The summed E-state index contributed by atoms with van der Waals surface area (Å²) in [4.78, 5) is 21.6. The van der Waals surface area contributed by atoms with E-state index in [9.17, 15) is 4.79 Å². The molecule has 0 bridgehead atoms. The van der Waals surface area contributed by atoms with E-state index in [0.29, 0.717) is 19.6 Å². The molecule has 0 atom stereocenters. The molecule has 6 nitrogen and oxygen atoms in total. The van der Waals surface area contributed by atoms with Crippen molar-refractivity contribution >= 4 is 11.6 Å². The zero-order valence-electron chi connectivity index (χ0n) is 17.1. The van der Waals surface area contributed by atoms with E-state index in [-0.39, 0.29) is 5.91 Å². The topological polar surface area (TPSA) is 50.6 Å². The molecule has 0 saturated heterocycles. The first-order chi connectivity index (χ1) is 14.1. The summed E-state index contributed by atoms with van der Waals surface area (Å²) >= 11 is 0. The third-order valence-electron chi connectivity index (χ3n) is 5.44. The van der Waals surface area contributed by atoms with Gasteiger partial charge in [0.25, 0.3) is 5.91 Å². The number of rotatable bonds is 4. The van der Waals surface area contributed by atoms with Gasteiger partial charge in [0.05, 0.1) is 19.0 Å². The van der Waals surface area contributed by atoms with Crippen LogP contribution in [0.1, 0.15) is 16.2 Å². The Kier molecular flexibility index (Phi) is 5.25. The SMILES string of the molecule is COc1ccccc1-c1cnc2n1CCN(C(=O)c1ccc(N(C)C)cc1)CC2. The van der Waals surface area contributed by atoms with Crippen molar-refractivity contribution in [1.82, 2.24) is 14.5 Å². The van der Waals surface area contributed by atoms with Gasteiger partial charge in [-0.1, -0.05) is 12.1 Å². The second kappa shape index (κ2) is 7.99. The number of carbonyl (C=O) groups is 1. The van der Waals surface area contributed by atoms with Gasteiger partial charge in [0.1, 0.15) is 11.6 Å². The molecule has 2 aromatic carbocycles. The van der Waals surface area contributed by atoms with Crippen LogP contribution in [0.5, 0.6) is 5.75 Å². The number of carbonyl (C=O) groups excluding carboxylic acids is 1.